The summed E-state index contributed by atoms with van der Waals surface area (Å²) in [4.78, 5) is 27.3. The quantitative estimate of drug-likeness (QED) is 0.310. The Labute approximate surface area is 234 Å². The Morgan fingerprint density at radius 3 is 2.58 bits per heavy atom. The molecule has 198 valence electrons. The van der Waals surface area contributed by atoms with Gasteiger partial charge in [-0.3, -0.25) is 9.59 Å². The summed E-state index contributed by atoms with van der Waals surface area (Å²) in [5.41, 5.74) is 2.08. The Bertz CT molecular complexity index is 1410. The summed E-state index contributed by atoms with van der Waals surface area (Å²) in [7, 11) is 3.88. The van der Waals surface area contributed by atoms with Crippen LogP contribution in [0, 0.1) is 24.1 Å². The van der Waals surface area contributed by atoms with Crippen molar-refractivity contribution >= 4 is 45.0 Å². The van der Waals surface area contributed by atoms with Crippen molar-refractivity contribution in [3.05, 3.63) is 86.1 Å². The lowest BCUT2D eigenvalue weighted by molar-refractivity contribution is -0.115. The van der Waals surface area contributed by atoms with Crippen molar-refractivity contribution in [2.24, 2.45) is 0 Å². The molecule has 0 aromatic heterocycles. The second kappa shape index (κ2) is 12.9. The fourth-order valence-corrected chi connectivity index (χ4v) is 4.06. The highest BCUT2D eigenvalue weighted by Crippen LogP contribution is 2.35. The molecule has 0 spiro atoms. The van der Waals surface area contributed by atoms with Gasteiger partial charge in [0.15, 0.2) is 11.6 Å². The van der Waals surface area contributed by atoms with Crippen LogP contribution in [0.15, 0.2) is 53.0 Å². The molecule has 2 amide bonds. The van der Waals surface area contributed by atoms with Crippen LogP contribution in [0.3, 0.4) is 0 Å². The third-order valence-electron chi connectivity index (χ3n) is 5.90. The van der Waals surface area contributed by atoms with Gasteiger partial charge in [-0.15, -0.1) is 0 Å². The monoisotopic (exact) mass is 600 g/mol. The lowest BCUT2D eigenvalue weighted by Crippen LogP contribution is -2.38. The van der Waals surface area contributed by atoms with Gasteiger partial charge in [0.2, 0.25) is 5.91 Å². The van der Waals surface area contributed by atoms with Crippen molar-refractivity contribution < 1.29 is 18.7 Å². The molecule has 0 saturated carbocycles. The van der Waals surface area contributed by atoms with Gasteiger partial charge >= 0.3 is 0 Å². The van der Waals surface area contributed by atoms with Crippen molar-refractivity contribution in [2.75, 3.05) is 26.0 Å². The van der Waals surface area contributed by atoms with Gasteiger partial charge in [-0.1, -0.05) is 17.7 Å². The number of hydrogen-bond donors (Lipinski definition) is 2. The van der Waals surface area contributed by atoms with Crippen molar-refractivity contribution in [3.8, 4) is 17.6 Å². The fraction of sp³-hybridized carbons (Fsp3) is 0.250. The number of anilines is 1. The fourth-order valence-electron chi connectivity index (χ4n) is 3.44. The van der Waals surface area contributed by atoms with E-state index in [9.17, 15) is 9.59 Å². The van der Waals surface area contributed by atoms with E-state index in [0.29, 0.717) is 27.8 Å². The van der Waals surface area contributed by atoms with Gasteiger partial charge in [0, 0.05) is 34.4 Å². The third kappa shape index (κ3) is 7.54. The first-order chi connectivity index (χ1) is 18.0. The van der Waals surface area contributed by atoms with E-state index >= 15 is 4.39 Å². The molecule has 0 bridgehead atoms. The Morgan fingerprint density at radius 1 is 1.18 bits per heavy atom. The van der Waals surface area contributed by atoms with Gasteiger partial charge in [0.05, 0.1) is 22.5 Å². The number of likely N-dealkylation sites (N-methyl/N-ethyl adjacent to an activating group) is 1. The minimum atomic E-state index is -0.719. The Morgan fingerprint density at radius 2 is 1.92 bits per heavy atom. The summed E-state index contributed by atoms with van der Waals surface area (Å²) in [6.07, 6.45) is -0.251. The highest BCUT2D eigenvalue weighted by atomic mass is 79.9. The molecule has 3 aromatic carbocycles. The zero-order chi connectivity index (χ0) is 28.0. The molecule has 0 aliphatic carbocycles. The normalized spacial score (nSPS) is 11.6. The van der Waals surface area contributed by atoms with E-state index in [1.807, 2.05) is 32.0 Å². The number of carbonyl (C=O) groups is 2. The number of rotatable bonds is 9. The maximum atomic E-state index is 15.3. The molecule has 0 fully saturated rings. The summed E-state index contributed by atoms with van der Waals surface area (Å²) in [5.74, 6) is -1.30. The summed E-state index contributed by atoms with van der Waals surface area (Å²) in [6, 6.07) is 14.5. The van der Waals surface area contributed by atoms with Crippen LogP contribution in [0.5, 0.6) is 11.5 Å². The molecule has 2 N–H and O–H groups in total. The topological polar surface area (TPSA) is 94.5 Å². The molecule has 7 nitrogen and oxygen atoms in total. The largest absolute Gasteiger partial charge is 0.453 e. The van der Waals surface area contributed by atoms with Crippen molar-refractivity contribution in [3.63, 3.8) is 0 Å². The zero-order valence-corrected chi connectivity index (χ0v) is 23.7. The summed E-state index contributed by atoms with van der Waals surface area (Å²) < 4.78 is 21.3. The maximum Gasteiger partial charge on any atom is 0.251 e. The van der Waals surface area contributed by atoms with E-state index < -0.39 is 11.7 Å². The third-order valence-corrected chi connectivity index (χ3v) is 6.75. The van der Waals surface area contributed by atoms with Crippen LogP contribution in [-0.2, 0) is 11.2 Å². The summed E-state index contributed by atoms with van der Waals surface area (Å²) in [5, 5.41) is 15.1. The van der Waals surface area contributed by atoms with E-state index in [2.05, 4.69) is 26.6 Å². The Kier molecular flexibility index (Phi) is 9.86. The second-order valence-corrected chi connectivity index (χ2v) is 10.3. The number of nitrogens with zero attached hydrogens (tertiary/aromatic N) is 2. The van der Waals surface area contributed by atoms with Gasteiger partial charge in [0.25, 0.3) is 5.91 Å². The zero-order valence-electron chi connectivity index (χ0n) is 21.4. The molecule has 3 rings (SSSR count). The number of amides is 2. The minimum Gasteiger partial charge on any atom is -0.453 e. The highest BCUT2D eigenvalue weighted by molar-refractivity contribution is 9.10. The van der Waals surface area contributed by atoms with E-state index in [1.54, 1.807) is 31.2 Å². The lowest BCUT2D eigenvalue weighted by atomic mass is 10.1. The van der Waals surface area contributed by atoms with Gasteiger partial charge < -0.3 is 20.3 Å². The molecule has 0 heterocycles. The summed E-state index contributed by atoms with van der Waals surface area (Å²) >= 11 is 9.29. The molecular formula is C28H27BrClFN4O3. The van der Waals surface area contributed by atoms with Crippen molar-refractivity contribution in [1.29, 1.82) is 5.26 Å². The molecule has 1 unspecified atom stereocenters. The number of nitriles is 1. The van der Waals surface area contributed by atoms with Crippen molar-refractivity contribution in [1.82, 2.24) is 10.2 Å². The predicted molar refractivity (Wildman–Crippen MR) is 149 cm³/mol. The van der Waals surface area contributed by atoms with Gasteiger partial charge in [-0.25, -0.2) is 4.39 Å². The van der Waals surface area contributed by atoms with Crippen LogP contribution in [0.4, 0.5) is 10.1 Å². The van der Waals surface area contributed by atoms with Crippen LogP contribution < -0.4 is 15.4 Å². The van der Waals surface area contributed by atoms with Crippen LogP contribution in [0.25, 0.3) is 0 Å². The lowest BCUT2D eigenvalue weighted by Gasteiger charge is -2.20. The van der Waals surface area contributed by atoms with Crippen LogP contribution in [0.2, 0.25) is 5.02 Å². The number of nitrogens with one attached hydrogen (secondary N) is 2. The second-order valence-electron chi connectivity index (χ2n) is 9.02. The molecule has 0 saturated heterocycles. The first-order valence-electron chi connectivity index (χ1n) is 11.7. The molecular weight excluding hydrogens is 575 g/mol. The van der Waals surface area contributed by atoms with Gasteiger partial charge in [-0.05, 0) is 91.9 Å². The molecule has 0 radical (unpaired) electrons. The average Bonchev–Trinajstić information content (AvgIpc) is 2.87. The van der Waals surface area contributed by atoms with E-state index in [1.165, 1.54) is 24.3 Å². The number of carbonyl (C=O) groups excluding carboxylic acids is 2. The number of ether oxygens (including phenoxy) is 1. The maximum absolute atomic E-state index is 15.3. The number of benzene rings is 3. The Balaban J connectivity index is 1.70. The SMILES string of the molecule is Cc1cc(C(=O)NCC(C)N(C)C)ccc1NC(=O)Cc1ccc(Br)c(Oc2cc(Cl)cc(C#N)c2)c1F. The number of hydrogen-bond acceptors (Lipinski definition) is 5. The van der Waals surface area contributed by atoms with Gasteiger partial charge in [0.1, 0.15) is 5.75 Å². The van der Waals surface area contributed by atoms with Crippen LogP contribution in [-0.4, -0.2) is 43.4 Å². The standard InChI is InChI=1S/C28H27BrClFN4O3/c1-16-9-20(28(37)33-15-17(2)35(3)4)6-8-24(16)34-25(36)12-19-5-7-23(29)27(26(19)31)38-22-11-18(14-32)10-21(30)13-22/h5-11,13,17H,12,15H2,1-4H3,(H,33,37)(H,34,36). The average molecular weight is 602 g/mol. The number of halogens is 3. The smallest absolute Gasteiger partial charge is 0.251 e. The summed E-state index contributed by atoms with van der Waals surface area (Å²) in [6.45, 7) is 4.29. The molecule has 1 atom stereocenters. The first kappa shape index (κ1) is 29.1. The van der Waals surface area contributed by atoms with E-state index in [0.717, 1.165) is 0 Å². The van der Waals surface area contributed by atoms with E-state index in [4.69, 9.17) is 21.6 Å². The van der Waals surface area contributed by atoms with Crippen LogP contribution in [0.1, 0.15) is 34.0 Å². The Hall–Kier alpha value is -3.45. The van der Waals surface area contributed by atoms with Crippen molar-refractivity contribution in [2.45, 2.75) is 26.3 Å². The van der Waals surface area contributed by atoms with Crippen LogP contribution >= 0.6 is 27.5 Å². The number of aryl methyl sites for hydroxylation is 1. The molecule has 0 aliphatic rings. The highest BCUT2D eigenvalue weighted by Gasteiger charge is 2.18. The predicted octanol–water partition coefficient (Wildman–Crippen LogP) is 6.08. The molecule has 3 aromatic rings. The molecule has 38 heavy (non-hydrogen) atoms. The molecule has 0 aliphatic heterocycles. The van der Waals surface area contributed by atoms with E-state index in [-0.39, 0.29) is 46.0 Å². The first-order valence-corrected chi connectivity index (χ1v) is 12.9. The minimum absolute atomic E-state index is 0.117. The molecule has 10 heteroatoms. The van der Waals surface area contributed by atoms with Gasteiger partial charge in [-0.2, -0.15) is 5.26 Å².